The van der Waals surface area contributed by atoms with E-state index >= 15 is 0 Å². The van der Waals surface area contributed by atoms with Crippen LogP contribution in [0.1, 0.15) is 52.4 Å². The van der Waals surface area contributed by atoms with Gasteiger partial charge in [0.25, 0.3) is 0 Å². The summed E-state index contributed by atoms with van der Waals surface area (Å²) in [5, 5.41) is 32.1. The average molecular weight is 330 g/mol. The van der Waals surface area contributed by atoms with E-state index in [2.05, 4.69) is 19.8 Å². The Morgan fingerprint density at radius 3 is 2.71 bits per heavy atom. The van der Waals surface area contributed by atoms with E-state index in [0.29, 0.717) is 11.8 Å². The van der Waals surface area contributed by atoms with E-state index < -0.39 is 11.7 Å². The third kappa shape index (κ3) is 1.97. The van der Waals surface area contributed by atoms with Crippen molar-refractivity contribution in [1.29, 1.82) is 0 Å². The zero-order chi connectivity index (χ0) is 17.3. The van der Waals surface area contributed by atoms with Crippen LogP contribution in [0.3, 0.4) is 0 Å². The minimum absolute atomic E-state index is 0.0713. The van der Waals surface area contributed by atoms with Gasteiger partial charge in [-0.25, -0.2) is 0 Å². The van der Waals surface area contributed by atoms with Gasteiger partial charge in [0.2, 0.25) is 0 Å². The van der Waals surface area contributed by atoms with Gasteiger partial charge in [-0.05, 0) is 68.1 Å². The second-order valence-electron chi connectivity index (χ2n) is 9.13. The maximum Gasteiger partial charge on any atom is 0.133 e. The minimum Gasteiger partial charge on any atom is -0.393 e. The molecule has 4 aliphatic rings. The van der Waals surface area contributed by atoms with Crippen LogP contribution < -0.4 is 0 Å². The van der Waals surface area contributed by atoms with Crippen molar-refractivity contribution < 1.29 is 15.3 Å². The Hall–Kier alpha value is -0.820. The van der Waals surface area contributed by atoms with Crippen LogP contribution in [0.5, 0.6) is 0 Å². The molecule has 3 saturated carbocycles. The average Bonchev–Trinajstić information content (AvgIpc) is 2.75. The number of terminal acetylenes is 1. The summed E-state index contributed by atoms with van der Waals surface area (Å²) in [6.07, 6.45) is 12.5. The molecule has 0 aromatic carbocycles. The Morgan fingerprint density at radius 1 is 1.25 bits per heavy atom. The highest BCUT2D eigenvalue weighted by Crippen LogP contribution is 2.65. The Morgan fingerprint density at radius 2 is 2.00 bits per heavy atom. The van der Waals surface area contributed by atoms with Crippen molar-refractivity contribution in [2.24, 2.45) is 35.0 Å². The van der Waals surface area contributed by atoms with Crippen LogP contribution in [0.2, 0.25) is 0 Å². The smallest absolute Gasteiger partial charge is 0.133 e. The Labute approximate surface area is 145 Å². The highest BCUT2D eigenvalue weighted by atomic mass is 16.3. The summed E-state index contributed by atoms with van der Waals surface area (Å²) in [7, 11) is 0. The van der Waals surface area contributed by atoms with E-state index in [0.717, 1.165) is 38.5 Å². The molecule has 4 aliphatic carbocycles. The van der Waals surface area contributed by atoms with Gasteiger partial charge in [0.1, 0.15) is 5.60 Å². The maximum atomic E-state index is 11.2. The number of aliphatic hydroxyl groups is 3. The van der Waals surface area contributed by atoms with Crippen LogP contribution in [0.4, 0.5) is 0 Å². The van der Waals surface area contributed by atoms with Crippen molar-refractivity contribution in [2.75, 3.05) is 0 Å². The number of hydrogen-bond donors (Lipinski definition) is 3. The van der Waals surface area contributed by atoms with Gasteiger partial charge in [0.05, 0.1) is 12.2 Å². The summed E-state index contributed by atoms with van der Waals surface area (Å²) in [6.45, 7) is 4.21. The Kier molecular flexibility index (Phi) is 3.70. The molecular weight excluding hydrogens is 300 g/mol. The first-order valence-electron chi connectivity index (χ1n) is 9.58. The summed E-state index contributed by atoms with van der Waals surface area (Å²) in [6, 6.07) is 0. The number of rotatable bonds is 0. The molecule has 3 fully saturated rings. The second-order valence-corrected chi connectivity index (χ2v) is 9.13. The molecule has 9 atom stereocenters. The number of aliphatic hydroxyl groups excluding tert-OH is 2. The van der Waals surface area contributed by atoms with E-state index in [1.165, 1.54) is 5.57 Å². The van der Waals surface area contributed by atoms with Crippen molar-refractivity contribution >= 4 is 0 Å². The predicted molar refractivity (Wildman–Crippen MR) is 92.8 cm³/mol. The SMILES string of the molecule is C#C[C@]1(O)[C@H](C)CC2C3C(CC[C@@]21C)[C@H]1CC[C@H](O)CC1=C[C@@H]3O. The first kappa shape index (κ1) is 16.6. The lowest BCUT2D eigenvalue weighted by molar-refractivity contribution is -0.113. The van der Waals surface area contributed by atoms with Gasteiger partial charge >= 0.3 is 0 Å². The van der Waals surface area contributed by atoms with E-state index in [-0.39, 0.29) is 29.3 Å². The third-order valence-electron chi connectivity index (χ3n) is 8.24. The predicted octanol–water partition coefficient (Wildman–Crippen LogP) is 2.50. The van der Waals surface area contributed by atoms with Gasteiger partial charge in [0, 0.05) is 5.41 Å². The summed E-state index contributed by atoms with van der Waals surface area (Å²) in [5.41, 5.74) is -0.0952. The summed E-state index contributed by atoms with van der Waals surface area (Å²) < 4.78 is 0. The van der Waals surface area contributed by atoms with Crippen molar-refractivity contribution in [1.82, 2.24) is 0 Å². The van der Waals surface area contributed by atoms with Gasteiger partial charge < -0.3 is 15.3 Å². The zero-order valence-electron chi connectivity index (χ0n) is 14.8. The molecule has 0 heterocycles. The molecule has 132 valence electrons. The van der Waals surface area contributed by atoms with E-state index in [1.807, 2.05) is 6.08 Å². The highest BCUT2D eigenvalue weighted by Gasteiger charge is 2.65. The lowest BCUT2D eigenvalue weighted by atomic mass is 9.50. The lowest BCUT2D eigenvalue weighted by Crippen LogP contribution is -2.55. The van der Waals surface area contributed by atoms with E-state index in [1.54, 1.807) is 0 Å². The Balaban J connectivity index is 1.72. The molecule has 3 heteroatoms. The standard InChI is InChI=1S/C21H30O3/c1-4-21(24)12(2)9-17-19-16(7-8-20(17,21)3)15-6-5-14(22)10-13(15)11-18(19)23/h1,11-12,14-19,22-24H,5-10H2,2-3H3/t12-,14+,15+,16?,17?,18+,19?,20+,21+/m1/s1. The zero-order valence-corrected chi connectivity index (χ0v) is 14.8. The molecule has 0 aliphatic heterocycles. The quantitative estimate of drug-likeness (QED) is 0.472. The van der Waals surface area contributed by atoms with Crippen LogP contribution in [-0.4, -0.2) is 33.1 Å². The lowest BCUT2D eigenvalue weighted by Gasteiger charge is -2.55. The topological polar surface area (TPSA) is 60.7 Å². The highest BCUT2D eigenvalue weighted by molar-refractivity contribution is 5.29. The molecular formula is C21H30O3. The number of hydrogen-bond acceptors (Lipinski definition) is 3. The van der Waals surface area contributed by atoms with Crippen LogP contribution in [0.15, 0.2) is 11.6 Å². The summed E-state index contributed by atoms with van der Waals surface area (Å²) in [5.74, 6) is 4.23. The fraction of sp³-hybridized carbons (Fsp3) is 0.810. The molecule has 0 saturated heterocycles. The van der Waals surface area contributed by atoms with Crippen molar-refractivity contribution in [3.05, 3.63) is 11.6 Å². The van der Waals surface area contributed by atoms with E-state index in [9.17, 15) is 15.3 Å². The van der Waals surface area contributed by atoms with Crippen LogP contribution in [-0.2, 0) is 0 Å². The molecule has 0 radical (unpaired) electrons. The van der Waals surface area contributed by atoms with Crippen LogP contribution in [0.25, 0.3) is 0 Å². The van der Waals surface area contributed by atoms with E-state index in [4.69, 9.17) is 6.42 Å². The molecule has 0 amide bonds. The first-order chi connectivity index (χ1) is 11.3. The fourth-order valence-electron chi connectivity index (χ4n) is 6.93. The summed E-state index contributed by atoms with van der Waals surface area (Å²) >= 11 is 0. The molecule has 4 rings (SSSR count). The van der Waals surface area contributed by atoms with Gasteiger partial charge in [-0.1, -0.05) is 31.4 Å². The maximum absolute atomic E-state index is 11.2. The molecule has 0 bridgehead atoms. The molecule has 3 nitrogen and oxygen atoms in total. The van der Waals surface area contributed by atoms with Crippen molar-refractivity contribution in [3.63, 3.8) is 0 Å². The van der Waals surface area contributed by atoms with Crippen LogP contribution in [0, 0.1) is 47.3 Å². The van der Waals surface area contributed by atoms with Gasteiger partial charge in [-0.2, -0.15) is 0 Å². The summed E-state index contributed by atoms with van der Waals surface area (Å²) in [4.78, 5) is 0. The molecule has 0 spiro atoms. The third-order valence-corrected chi connectivity index (χ3v) is 8.24. The van der Waals surface area contributed by atoms with Crippen molar-refractivity contribution in [3.8, 4) is 12.3 Å². The molecule has 3 unspecified atom stereocenters. The van der Waals surface area contributed by atoms with Gasteiger partial charge in [-0.3, -0.25) is 0 Å². The largest absolute Gasteiger partial charge is 0.393 e. The minimum atomic E-state index is -1.06. The second kappa shape index (κ2) is 5.34. The van der Waals surface area contributed by atoms with Crippen LogP contribution >= 0.6 is 0 Å². The molecule has 0 aromatic rings. The first-order valence-corrected chi connectivity index (χ1v) is 9.58. The molecule has 24 heavy (non-hydrogen) atoms. The monoisotopic (exact) mass is 330 g/mol. The fourth-order valence-corrected chi connectivity index (χ4v) is 6.93. The van der Waals surface area contributed by atoms with Gasteiger partial charge in [-0.15, -0.1) is 6.42 Å². The van der Waals surface area contributed by atoms with Crippen molar-refractivity contribution in [2.45, 2.75) is 70.2 Å². The van der Waals surface area contributed by atoms with Gasteiger partial charge in [0.15, 0.2) is 0 Å². The normalized spacial score (nSPS) is 56.5. The molecule has 3 N–H and O–H groups in total. The number of fused-ring (bicyclic) bond motifs is 5. The molecule has 0 aromatic heterocycles. The Bertz CT molecular complexity index is 605.